The summed E-state index contributed by atoms with van der Waals surface area (Å²) in [6.45, 7) is 6.52. The number of carbonyl (C=O) groups is 2. The van der Waals surface area contributed by atoms with Crippen LogP contribution in [0.3, 0.4) is 0 Å². The minimum absolute atomic E-state index is 0.0526. The Morgan fingerprint density at radius 1 is 1.03 bits per heavy atom. The van der Waals surface area contributed by atoms with Crippen LogP contribution in [-0.4, -0.2) is 24.7 Å². The number of methoxy groups -OCH3 is 1. The molecular weight excluding hydrogens is 432 g/mol. The van der Waals surface area contributed by atoms with Gasteiger partial charge in [0.15, 0.2) is 0 Å². The van der Waals surface area contributed by atoms with E-state index >= 15 is 0 Å². The number of thioether (sulfide) groups is 1. The van der Waals surface area contributed by atoms with Crippen LogP contribution in [0, 0.1) is 0 Å². The molecule has 3 aromatic carbocycles. The van der Waals surface area contributed by atoms with Gasteiger partial charge in [-0.05, 0) is 59.0 Å². The first-order chi connectivity index (χ1) is 15.8. The van der Waals surface area contributed by atoms with Gasteiger partial charge in [-0.15, -0.1) is 11.8 Å². The molecule has 0 aromatic heterocycles. The van der Waals surface area contributed by atoms with Crippen molar-refractivity contribution in [2.75, 3.05) is 23.1 Å². The number of amides is 2. The molecule has 1 fully saturated rings. The van der Waals surface area contributed by atoms with E-state index in [1.165, 1.54) is 5.56 Å². The van der Waals surface area contributed by atoms with Gasteiger partial charge in [-0.2, -0.15) is 0 Å². The average Bonchev–Trinajstić information content (AvgIpc) is 3.20. The highest BCUT2D eigenvalue weighted by molar-refractivity contribution is 8.00. The number of carbonyl (C=O) groups excluding carboxylic acids is 2. The molecule has 2 amide bonds. The summed E-state index contributed by atoms with van der Waals surface area (Å²) < 4.78 is 5.21. The smallest absolute Gasteiger partial charge is 0.255 e. The minimum atomic E-state index is -0.212. The van der Waals surface area contributed by atoms with E-state index in [9.17, 15) is 9.59 Å². The summed E-state index contributed by atoms with van der Waals surface area (Å²) in [6.07, 6.45) is 0. The van der Waals surface area contributed by atoms with Crippen molar-refractivity contribution in [1.82, 2.24) is 0 Å². The predicted molar refractivity (Wildman–Crippen MR) is 135 cm³/mol. The summed E-state index contributed by atoms with van der Waals surface area (Å²) in [4.78, 5) is 27.3. The third kappa shape index (κ3) is 5.06. The fraction of sp³-hybridized carbons (Fsp3) is 0.259. The van der Waals surface area contributed by atoms with Crippen molar-refractivity contribution >= 4 is 35.0 Å². The number of nitrogens with one attached hydrogen (secondary N) is 1. The molecule has 5 nitrogen and oxygen atoms in total. The number of hydrogen-bond donors (Lipinski definition) is 1. The van der Waals surface area contributed by atoms with Crippen LogP contribution in [0.15, 0.2) is 72.8 Å². The maximum Gasteiger partial charge on any atom is 0.255 e. The van der Waals surface area contributed by atoms with Crippen LogP contribution < -0.4 is 15.0 Å². The van der Waals surface area contributed by atoms with E-state index < -0.39 is 0 Å². The zero-order valence-corrected chi connectivity index (χ0v) is 20.1. The molecule has 1 heterocycles. The normalized spacial score (nSPS) is 16.1. The van der Waals surface area contributed by atoms with Gasteiger partial charge < -0.3 is 10.1 Å². The third-order valence-electron chi connectivity index (χ3n) is 5.64. The first kappa shape index (κ1) is 22.9. The van der Waals surface area contributed by atoms with Crippen LogP contribution >= 0.6 is 11.8 Å². The van der Waals surface area contributed by atoms with Crippen molar-refractivity contribution < 1.29 is 14.3 Å². The van der Waals surface area contributed by atoms with E-state index in [1.807, 2.05) is 41.3 Å². The summed E-state index contributed by atoms with van der Waals surface area (Å²) in [5.74, 6) is 0.923. The Bertz CT molecular complexity index is 1170. The maximum absolute atomic E-state index is 12.8. The number of benzene rings is 3. The summed E-state index contributed by atoms with van der Waals surface area (Å²) in [5, 5.41) is 2.81. The Hall–Kier alpha value is -3.25. The summed E-state index contributed by atoms with van der Waals surface area (Å²) in [6, 6.07) is 22.9. The SMILES string of the molecule is COc1cccc(C(=O)Nc2cccc([C@H]3SCC(=O)N3c3ccc(C(C)(C)C)cc3)c2)c1. The second-order valence-corrected chi connectivity index (χ2v) is 10.1. The fourth-order valence-electron chi connectivity index (χ4n) is 3.81. The van der Waals surface area contributed by atoms with Gasteiger partial charge in [-0.3, -0.25) is 14.5 Å². The second-order valence-electron chi connectivity index (χ2n) is 9.04. The van der Waals surface area contributed by atoms with Crippen LogP contribution in [0.2, 0.25) is 0 Å². The molecular formula is C27H28N2O3S. The molecule has 6 heteroatoms. The van der Waals surface area contributed by atoms with Crippen molar-refractivity contribution in [3.05, 3.63) is 89.5 Å². The van der Waals surface area contributed by atoms with Gasteiger partial charge in [0.25, 0.3) is 5.91 Å². The van der Waals surface area contributed by atoms with E-state index in [0.717, 1.165) is 11.3 Å². The summed E-state index contributed by atoms with van der Waals surface area (Å²) >= 11 is 1.59. The van der Waals surface area contributed by atoms with Crippen molar-refractivity contribution in [2.24, 2.45) is 0 Å². The molecule has 1 aliphatic heterocycles. The van der Waals surface area contributed by atoms with Crippen LogP contribution in [0.1, 0.15) is 47.6 Å². The van der Waals surface area contributed by atoms with E-state index in [1.54, 1.807) is 43.1 Å². The Morgan fingerprint density at radius 3 is 2.45 bits per heavy atom. The first-order valence-electron chi connectivity index (χ1n) is 10.9. The Morgan fingerprint density at radius 2 is 1.76 bits per heavy atom. The van der Waals surface area contributed by atoms with Crippen LogP contribution in [0.4, 0.5) is 11.4 Å². The Labute approximate surface area is 199 Å². The van der Waals surface area contributed by atoms with E-state index in [2.05, 4.69) is 38.2 Å². The topological polar surface area (TPSA) is 58.6 Å². The van der Waals surface area contributed by atoms with E-state index in [-0.39, 0.29) is 22.6 Å². The Kier molecular flexibility index (Phi) is 6.47. The lowest BCUT2D eigenvalue weighted by Crippen LogP contribution is -2.28. The zero-order chi connectivity index (χ0) is 23.6. The fourth-order valence-corrected chi connectivity index (χ4v) is 4.98. The van der Waals surface area contributed by atoms with Crippen LogP contribution in [0.25, 0.3) is 0 Å². The van der Waals surface area contributed by atoms with Gasteiger partial charge >= 0.3 is 0 Å². The predicted octanol–water partition coefficient (Wildman–Crippen LogP) is 6.02. The van der Waals surface area contributed by atoms with Gasteiger partial charge in [0.1, 0.15) is 11.1 Å². The molecule has 4 rings (SSSR count). The lowest BCUT2D eigenvalue weighted by Gasteiger charge is -2.26. The molecule has 1 N–H and O–H groups in total. The lowest BCUT2D eigenvalue weighted by molar-refractivity contribution is -0.115. The monoisotopic (exact) mass is 460 g/mol. The minimum Gasteiger partial charge on any atom is -0.497 e. The van der Waals surface area contributed by atoms with E-state index in [0.29, 0.717) is 22.8 Å². The maximum atomic E-state index is 12.8. The molecule has 0 bridgehead atoms. The summed E-state index contributed by atoms with van der Waals surface area (Å²) in [7, 11) is 1.57. The average molecular weight is 461 g/mol. The van der Waals surface area contributed by atoms with Crippen molar-refractivity contribution in [3.8, 4) is 5.75 Å². The second kappa shape index (κ2) is 9.32. The highest BCUT2D eigenvalue weighted by Crippen LogP contribution is 2.42. The van der Waals surface area contributed by atoms with E-state index in [4.69, 9.17) is 4.74 Å². The van der Waals surface area contributed by atoms with Gasteiger partial charge in [0, 0.05) is 16.9 Å². The number of hydrogen-bond acceptors (Lipinski definition) is 4. The van der Waals surface area contributed by atoms with Crippen LogP contribution in [-0.2, 0) is 10.2 Å². The molecule has 1 atom stereocenters. The molecule has 1 aliphatic rings. The standard InChI is InChI=1S/C27H28N2O3S/c1-27(2,3)20-11-13-22(14-12-20)29-24(30)17-33-26(29)19-8-5-9-21(15-19)28-25(31)18-7-6-10-23(16-18)32-4/h5-16,26H,17H2,1-4H3,(H,28,31)/t26-/m1/s1. The molecule has 0 saturated carbocycles. The lowest BCUT2D eigenvalue weighted by atomic mass is 9.87. The van der Waals surface area contributed by atoms with Gasteiger partial charge in [0.05, 0.1) is 12.9 Å². The van der Waals surface area contributed by atoms with Gasteiger partial charge in [-0.1, -0.05) is 51.1 Å². The number of nitrogens with zero attached hydrogens (tertiary/aromatic N) is 1. The molecule has 170 valence electrons. The van der Waals surface area contributed by atoms with Crippen molar-refractivity contribution in [2.45, 2.75) is 31.6 Å². The first-order valence-corrected chi connectivity index (χ1v) is 11.9. The zero-order valence-electron chi connectivity index (χ0n) is 19.3. The number of anilines is 2. The highest BCUT2D eigenvalue weighted by Gasteiger charge is 2.34. The largest absolute Gasteiger partial charge is 0.497 e. The van der Waals surface area contributed by atoms with Crippen molar-refractivity contribution in [3.63, 3.8) is 0 Å². The Balaban J connectivity index is 1.56. The molecule has 33 heavy (non-hydrogen) atoms. The van der Waals surface area contributed by atoms with Crippen LogP contribution in [0.5, 0.6) is 5.75 Å². The molecule has 0 unspecified atom stereocenters. The molecule has 0 spiro atoms. The van der Waals surface area contributed by atoms with Crippen molar-refractivity contribution in [1.29, 1.82) is 0 Å². The van der Waals surface area contributed by atoms with Gasteiger partial charge in [-0.25, -0.2) is 0 Å². The molecule has 0 aliphatic carbocycles. The highest BCUT2D eigenvalue weighted by atomic mass is 32.2. The number of rotatable bonds is 5. The molecule has 1 saturated heterocycles. The summed E-state index contributed by atoms with van der Waals surface area (Å²) in [5.41, 5.74) is 4.33. The quantitative estimate of drug-likeness (QED) is 0.506. The third-order valence-corrected chi connectivity index (χ3v) is 6.85. The number of ether oxygens (including phenoxy) is 1. The molecule has 0 radical (unpaired) electrons. The molecule has 3 aromatic rings. The van der Waals surface area contributed by atoms with Gasteiger partial charge in [0.2, 0.25) is 5.91 Å².